The lowest BCUT2D eigenvalue weighted by molar-refractivity contribution is 0.202. The van der Waals surface area contributed by atoms with E-state index >= 15 is 0 Å². The topological polar surface area (TPSA) is 50.4 Å². The summed E-state index contributed by atoms with van der Waals surface area (Å²) in [6.07, 6.45) is 1.09. The van der Waals surface area contributed by atoms with Crippen LogP contribution in [0.4, 0.5) is 0 Å². The molecule has 1 N–H and O–H groups in total. The van der Waals surface area contributed by atoms with Crippen LogP contribution in [0.5, 0.6) is 0 Å². The Morgan fingerprint density at radius 1 is 1.67 bits per heavy atom. The number of hydrogen-bond acceptors (Lipinski definition) is 4. The van der Waals surface area contributed by atoms with Gasteiger partial charge >= 0.3 is 0 Å². The molecule has 2 rings (SSSR count). The van der Waals surface area contributed by atoms with Crippen molar-refractivity contribution in [2.75, 3.05) is 0 Å². The van der Waals surface area contributed by atoms with Gasteiger partial charge in [-0.1, -0.05) is 11.3 Å². The molecule has 0 spiro atoms. The summed E-state index contributed by atoms with van der Waals surface area (Å²) in [6.45, 7) is 3.68. The molecule has 0 saturated carbocycles. The first-order chi connectivity index (χ1) is 5.70. The SMILES string of the molecule is Cc1c(C(C)O)sc2ncnn12. The van der Waals surface area contributed by atoms with Crippen molar-refractivity contribution in [3.05, 3.63) is 16.9 Å². The molecular formula is C7H9N3OS. The van der Waals surface area contributed by atoms with Crippen molar-refractivity contribution in [1.29, 1.82) is 0 Å². The van der Waals surface area contributed by atoms with Gasteiger partial charge in [0.2, 0.25) is 4.96 Å². The second-order valence-electron chi connectivity index (χ2n) is 2.68. The average Bonchev–Trinajstić information content (AvgIpc) is 2.53. The van der Waals surface area contributed by atoms with Crippen molar-refractivity contribution in [2.24, 2.45) is 0 Å². The fourth-order valence-electron chi connectivity index (χ4n) is 1.19. The molecule has 5 heteroatoms. The second kappa shape index (κ2) is 2.53. The largest absolute Gasteiger partial charge is 0.388 e. The van der Waals surface area contributed by atoms with E-state index in [1.807, 2.05) is 6.92 Å². The minimum atomic E-state index is -0.432. The number of thiazole rings is 1. The summed E-state index contributed by atoms with van der Waals surface area (Å²) in [6, 6.07) is 0. The number of nitrogens with zero attached hydrogens (tertiary/aromatic N) is 3. The number of fused-ring (bicyclic) bond motifs is 1. The fourth-order valence-corrected chi connectivity index (χ4v) is 2.17. The van der Waals surface area contributed by atoms with E-state index < -0.39 is 6.10 Å². The third-order valence-corrected chi connectivity index (χ3v) is 3.09. The summed E-state index contributed by atoms with van der Waals surface area (Å²) < 4.78 is 1.74. The molecule has 2 aromatic rings. The van der Waals surface area contributed by atoms with Gasteiger partial charge in [-0.25, -0.2) is 9.50 Å². The third kappa shape index (κ3) is 0.937. The van der Waals surface area contributed by atoms with E-state index in [1.165, 1.54) is 17.7 Å². The molecule has 64 valence electrons. The normalized spacial score (nSPS) is 13.9. The minimum absolute atomic E-state index is 0.432. The Bertz CT molecular complexity index is 404. The maximum atomic E-state index is 9.37. The van der Waals surface area contributed by atoms with Gasteiger partial charge in [0.1, 0.15) is 6.33 Å². The fraction of sp³-hybridized carbons (Fsp3) is 0.429. The van der Waals surface area contributed by atoms with Crippen LogP contribution in [0.25, 0.3) is 4.96 Å². The quantitative estimate of drug-likeness (QED) is 0.721. The van der Waals surface area contributed by atoms with E-state index in [9.17, 15) is 5.11 Å². The van der Waals surface area contributed by atoms with Crippen LogP contribution in [-0.4, -0.2) is 19.7 Å². The smallest absolute Gasteiger partial charge is 0.212 e. The van der Waals surface area contributed by atoms with Gasteiger partial charge in [-0.05, 0) is 13.8 Å². The number of aromatic nitrogens is 3. The van der Waals surface area contributed by atoms with E-state index in [0.717, 1.165) is 15.5 Å². The minimum Gasteiger partial charge on any atom is -0.388 e. The summed E-state index contributed by atoms with van der Waals surface area (Å²) in [5.41, 5.74) is 0.975. The predicted molar refractivity (Wildman–Crippen MR) is 46.2 cm³/mol. The maximum Gasteiger partial charge on any atom is 0.212 e. The van der Waals surface area contributed by atoms with Gasteiger partial charge in [0.25, 0.3) is 0 Å². The Morgan fingerprint density at radius 2 is 2.42 bits per heavy atom. The molecule has 0 aromatic carbocycles. The molecule has 2 aromatic heterocycles. The molecule has 1 unspecified atom stereocenters. The molecule has 2 heterocycles. The Balaban J connectivity index is 2.70. The highest BCUT2D eigenvalue weighted by atomic mass is 32.1. The van der Waals surface area contributed by atoms with Gasteiger partial charge in [0.15, 0.2) is 0 Å². The molecule has 12 heavy (non-hydrogen) atoms. The van der Waals surface area contributed by atoms with E-state index in [0.29, 0.717) is 0 Å². The van der Waals surface area contributed by atoms with Crippen LogP contribution in [0.1, 0.15) is 23.6 Å². The van der Waals surface area contributed by atoms with Crippen molar-refractivity contribution >= 4 is 16.3 Å². The average molecular weight is 183 g/mol. The molecule has 0 fully saturated rings. The van der Waals surface area contributed by atoms with Crippen LogP contribution < -0.4 is 0 Å². The maximum absolute atomic E-state index is 9.37. The lowest BCUT2D eigenvalue weighted by atomic mass is 10.3. The number of rotatable bonds is 1. The van der Waals surface area contributed by atoms with Crippen molar-refractivity contribution in [3.8, 4) is 0 Å². The zero-order chi connectivity index (χ0) is 8.72. The van der Waals surface area contributed by atoms with Gasteiger partial charge in [-0.15, -0.1) is 0 Å². The monoisotopic (exact) mass is 183 g/mol. The van der Waals surface area contributed by atoms with Gasteiger partial charge < -0.3 is 5.11 Å². The summed E-state index contributed by atoms with van der Waals surface area (Å²) >= 11 is 1.48. The lowest BCUT2D eigenvalue weighted by Crippen LogP contribution is -1.93. The van der Waals surface area contributed by atoms with E-state index in [-0.39, 0.29) is 0 Å². The van der Waals surface area contributed by atoms with Crippen LogP contribution in [0.3, 0.4) is 0 Å². The number of aliphatic hydroxyl groups excluding tert-OH is 1. The Kier molecular flexibility index (Phi) is 1.62. The molecule has 0 aliphatic rings. The second-order valence-corrected chi connectivity index (χ2v) is 3.69. The molecule has 0 bridgehead atoms. The van der Waals surface area contributed by atoms with Crippen LogP contribution >= 0.6 is 11.3 Å². The summed E-state index contributed by atoms with van der Waals surface area (Å²) in [5, 5.41) is 13.4. The first-order valence-corrected chi connectivity index (χ1v) is 4.49. The first-order valence-electron chi connectivity index (χ1n) is 3.67. The van der Waals surface area contributed by atoms with Crippen LogP contribution in [-0.2, 0) is 0 Å². The molecule has 1 atom stereocenters. The van der Waals surface area contributed by atoms with Crippen molar-refractivity contribution in [3.63, 3.8) is 0 Å². The number of aryl methyl sites for hydroxylation is 1. The van der Waals surface area contributed by atoms with E-state index in [1.54, 1.807) is 11.4 Å². The zero-order valence-electron chi connectivity index (χ0n) is 6.85. The van der Waals surface area contributed by atoms with Crippen molar-refractivity contribution in [1.82, 2.24) is 14.6 Å². The van der Waals surface area contributed by atoms with Crippen LogP contribution in [0, 0.1) is 6.92 Å². The van der Waals surface area contributed by atoms with Crippen LogP contribution in [0.2, 0.25) is 0 Å². The van der Waals surface area contributed by atoms with Gasteiger partial charge in [0.05, 0.1) is 16.7 Å². The van der Waals surface area contributed by atoms with E-state index in [4.69, 9.17) is 0 Å². The molecule has 0 aliphatic carbocycles. The van der Waals surface area contributed by atoms with Crippen LogP contribution in [0.15, 0.2) is 6.33 Å². The lowest BCUT2D eigenvalue weighted by Gasteiger charge is -1.99. The third-order valence-electron chi connectivity index (χ3n) is 1.77. The zero-order valence-corrected chi connectivity index (χ0v) is 7.67. The van der Waals surface area contributed by atoms with Gasteiger partial charge in [0, 0.05) is 0 Å². The highest BCUT2D eigenvalue weighted by Gasteiger charge is 2.13. The predicted octanol–water partition coefficient (Wildman–Crippen LogP) is 1.15. The van der Waals surface area contributed by atoms with Crippen molar-refractivity contribution < 1.29 is 5.11 Å². The summed E-state index contributed by atoms with van der Waals surface area (Å²) in [4.78, 5) is 5.81. The molecule has 0 amide bonds. The first kappa shape index (κ1) is 7.70. The standard InChI is InChI=1S/C7H9N3OS/c1-4-6(5(2)11)12-7-8-3-9-10(4)7/h3,5,11H,1-2H3. The Hall–Kier alpha value is -0.940. The molecular weight excluding hydrogens is 174 g/mol. The molecule has 0 aliphatic heterocycles. The Morgan fingerprint density at radius 3 is 3.00 bits per heavy atom. The van der Waals surface area contributed by atoms with Crippen molar-refractivity contribution in [2.45, 2.75) is 20.0 Å². The number of aliphatic hydroxyl groups is 1. The van der Waals surface area contributed by atoms with E-state index in [2.05, 4.69) is 10.1 Å². The molecule has 0 saturated heterocycles. The molecule has 0 radical (unpaired) electrons. The van der Waals surface area contributed by atoms with Gasteiger partial charge in [-0.2, -0.15) is 5.10 Å². The highest BCUT2D eigenvalue weighted by molar-refractivity contribution is 7.17. The number of hydrogen-bond donors (Lipinski definition) is 1. The summed E-state index contributed by atoms with van der Waals surface area (Å²) in [7, 11) is 0. The highest BCUT2D eigenvalue weighted by Crippen LogP contribution is 2.26. The summed E-state index contributed by atoms with van der Waals surface area (Å²) in [5.74, 6) is 0. The molecule has 4 nitrogen and oxygen atoms in total. The Labute approximate surface area is 73.5 Å². The van der Waals surface area contributed by atoms with Gasteiger partial charge in [-0.3, -0.25) is 0 Å².